The van der Waals surface area contributed by atoms with Gasteiger partial charge < -0.3 is 34.0 Å². The zero-order valence-corrected chi connectivity index (χ0v) is 65.4. The van der Waals surface area contributed by atoms with Crippen LogP contribution < -0.4 is 0 Å². The Hall–Kier alpha value is -0.300. The molecule has 0 heterocycles. The number of ketones is 3. The van der Waals surface area contributed by atoms with Crippen LogP contribution in [-0.2, 0) is 167 Å². The van der Waals surface area contributed by atoms with Crippen LogP contribution in [0.1, 0.15) is 177 Å². The third kappa shape index (κ3) is 16.5. The summed E-state index contributed by atoms with van der Waals surface area (Å²) in [7, 11) is 23.0. The Morgan fingerprint density at radius 2 is 1.17 bits per heavy atom. The van der Waals surface area contributed by atoms with Gasteiger partial charge in [-0.05, 0) is 118 Å². The van der Waals surface area contributed by atoms with Crippen LogP contribution in [-0.4, -0.2) is 86.0 Å². The molecule has 0 spiro atoms. The van der Waals surface area contributed by atoms with Crippen molar-refractivity contribution < 1.29 is 52.5 Å². The van der Waals surface area contributed by atoms with Crippen molar-refractivity contribution in [3.63, 3.8) is 0 Å². The van der Waals surface area contributed by atoms with E-state index in [0.717, 1.165) is 79.2 Å². The number of allylic oxidation sites excluding steroid dienone is 4. The van der Waals surface area contributed by atoms with Crippen LogP contribution in [0, 0.1) is 78.8 Å². The van der Waals surface area contributed by atoms with Gasteiger partial charge in [0.2, 0.25) is 0 Å². The summed E-state index contributed by atoms with van der Waals surface area (Å²) in [4.78, 5) is 50.4. The van der Waals surface area contributed by atoms with Crippen LogP contribution in [0.2, 0.25) is 0 Å². The number of ether oxygens (including phenoxy) is 4. The van der Waals surface area contributed by atoms with Crippen LogP contribution in [0.3, 0.4) is 0 Å². The number of aliphatic hydroxyl groups is 2. The molecule has 8 aliphatic rings. The van der Waals surface area contributed by atoms with Crippen molar-refractivity contribution in [2.45, 2.75) is 197 Å². The summed E-state index contributed by atoms with van der Waals surface area (Å²) in [5.74, 6) is 0.581. The first-order valence-electron chi connectivity index (χ1n) is 31.7. The highest BCUT2D eigenvalue weighted by Crippen LogP contribution is 2.70. The Balaban J connectivity index is 0.000000270. The van der Waals surface area contributed by atoms with Gasteiger partial charge in [0.1, 0.15) is 32.8 Å². The summed E-state index contributed by atoms with van der Waals surface area (Å²) in [6, 6.07) is 0. The molecule has 7 fully saturated rings. The van der Waals surface area contributed by atoms with E-state index in [1.54, 1.807) is 108 Å². The number of hydrogen-bond donors (Lipinski definition) is 2. The Bertz CT molecular complexity index is 3480. The lowest BCUT2D eigenvalue weighted by molar-refractivity contribution is -0.170. The second kappa shape index (κ2) is 35.5. The van der Waals surface area contributed by atoms with Crippen molar-refractivity contribution in [2.24, 2.45) is 78.8 Å². The lowest BCUT2D eigenvalue weighted by Gasteiger charge is -2.60. The molecule has 0 aromatic heterocycles. The van der Waals surface area contributed by atoms with E-state index in [1.807, 2.05) is 33.8 Å². The largest absolute Gasteiger partial charge is 0.392 e. The van der Waals surface area contributed by atoms with Gasteiger partial charge in [-0.2, -0.15) is 0 Å². The lowest BCUT2D eigenvalue weighted by atomic mass is 9.44. The molecule has 0 aromatic carbocycles. The van der Waals surface area contributed by atoms with Gasteiger partial charge in [-0.25, -0.2) is 0 Å². The summed E-state index contributed by atoms with van der Waals surface area (Å²) in [5.41, 5.74) is 0.324. The van der Waals surface area contributed by atoms with E-state index in [-0.39, 0.29) is 80.3 Å². The predicted octanol–water partition coefficient (Wildman–Crippen LogP) is 13.4. The normalized spacial score (nSPS) is 39.3. The highest BCUT2D eigenvalue weighted by molar-refractivity contribution is 8.76. The summed E-state index contributed by atoms with van der Waals surface area (Å²) >= 11 is 9.43. The molecule has 0 amide bonds. The maximum Gasteiger partial charge on any atom is 0.159 e. The average molecular weight is 1510 g/mol. The van der Waals surface area contributed by atoms with Crippen molar-refractivity contribution >= 4 is 153 Å². The molecule has 9 unspecified atom stereocenters. The molecule has 8 aliphatic carbocycles. The van der Waals surface area contributed by atoms with Gasteiger partial charge in [0.15, 0.2) is 5.78 Å². The SMILES string of the molecule is C.S=S=S=S=S=S=S=S=S=S=S=S=S=S.[2H]C(=O)C[C@@](C)(C=C)[C@@H](OCOC)C(=C)C12CCC(=O)C1=C(C)[C@H](C)CC2.[2H][C@@]1(O)CC(C)(C=C)C(C)C(=C)C23CCC(=O)C2C1(C)C(C)CC3.[2H][C@@]1(O)C[C@@](C)(C=C)[C@@H](OCOC)C(=C)C23CCC(=O)C2[C@@]1(C)[C@H](C)CC3. The quantitative estimate of drug-likeness (QED) is 0.0970. The van der Waals surface area contributed by atoms with Gasteiger partial charge in [-0.15, -0.1) is 19.7 Å². The van der Waals surface area contributed by atoms with E-state index >= 15 is 0 Å². The summed E-state index contributed by atoms with van der Waals surface area (Å²) in [6.07, 6.45) is 9.84. The van der Waals surface area contributed by atoms with Crippen molar-refractivity contribution in [3.8, 4) is 0 Å². The van der Waals surface area contributed by atoms with Crippen LogP contribution in [0.15, 0.2) is 85.6 Å². The first-order valence-corrected chi connectivity index (χ1v) is 47.5. The third-order valence-electron chi connectivity index (χ3n) is 22.8. The number of methoxy groups -OCH3 is 2. The molecule has 510 valence electrons. The minimum atomic E-state index is -1.78. The smallest absolute Gasteiger partial charge is 0.159 e. The molecule has 18 atom stereocenters. The molecule has 0 aliphatic heterocycles. The lowest BCUT2D eigenvalue weighted by Crippen LogP contribution is -2.60. The van der Waals surface area contributed by atoms with Crippen molar-refractivity contribution in [1.82, 2.24) is 0 Å². The number of aldehydes is 1. The summed E-state index contributed by atoms with van der Waals surface area (Å²) in [6.45, 7) is 45.7. The molecular formula is C66H102O10S14. The first-order chi connectivity index (χ1) is 43.0. The predicted molar refractivity (Wildman–Crippen MR) is 408 cm³/mol. The number of hydrogen-bond acceptors (Lipinski definition) is 12. The average Bonchev–Trinajstić information content (AvgIpc) is 1.68. The number of fused-ring (bicyclic) bond motifs is 1. The van der Waals surface area contributed by atoms with Crippen LogP contribution in [0.5, 0.6) is 0 Å². The minimum absolute atomic E-state index is 0. The van der Waals surface area contributed by atoms with Gasteiger partial charge in [0, 0.05) is 224 Å². The topological polar surface area (TPSA) is 146 Å². The fourth-order valence-electron chi connectivity index (χ4n) is 16.7. The zero-order valence-electron chi connectivity index (χ0n) is 57.0. The molecule has 90 heavy (non-hydrogen) atoms. The molecule has 2 N–H and O–H groups in total. The van der Waals surface area contributed by atoms with Crippen molar-refractivity contribution in [1.29, 1.82) is 0 Å². The number of Topliss-reactive ketones (excluding diaryl/α,β-unsaturated/α-hetero) is 3. The molecule has 24 heteroatoms. The summed E-state index contributed by atoms with van der Waals surface area (Å²) in [5, 5.41) is 22.9. The van der Waals surface area contributed by atoms with E-state index in [0.29, 0.717) is 38.0 Å². The fourth-order valence-corrected chi connectivity index (χ4v) is 44.1. The van der Waals surface area contributed by atoms with Crippen LogP contribution >= 0.6 is 0 Å². The van der Waals surface area contributed by atoms with E-state index in [4.69, 9.17) is 45.4 Å². The van der Waals surface area contributed by atoms with E-state index in [1.165, 1.54) is 24.9 Å². The van der Waals surface area contributed by atoms with Gasteiger partial charge in [0.25, 0.3) is 0 Å². The van der Waals surface area contributed by atoms with Gasteiger partial charge in [-0.3, -0.25) is 14.4 Å². The Labute approximate surface area is 588 Å². The monoisotopic (exact) mass is 1510 g/mol. The Morgan fingerprint density at radius 1 is 0.711 bits per heavy atom. The molecule has 4 bridgehead atoms. The first kappa shape index (κ1) is 77.1. The van der Waals surface area contributed by atoms with E-state index in [2.05, 4.69) is 81.0 Å². The van der Waals surface area contributed by atoms with Crippen molar-refractivity contribution in [2.75, 3.05) is 27.8 Å². The highest BCUT2D eigenvalue weighted by Gasteiger charge is 2.68. The maximum absolute atomic E-state index is 13.1. The molecule has 0 aromatic rings. The van der Waals surface area contributed by atoms with Gasteiger partial charge in [0.05, 0.1) is 27.1 Å². The number of rotatable bonds is 14. The zero-order chi connectivity index (χ0) is 69.3. The minimum Gasteiger partial charge on any atom is -0.392 e. The Morgan fingerprint density at radius 3 is 1.60 bits per heavy atom. The standard InChI is InChI=1S/C22H34O4.C22H32O4.C21H32O2.CH4.S14/c1-7-20(4)12-17(24)21(5)14(2)8-10-22(11-9-16(23)18(21)22)15(3)19(20)26-13-25-6;1-7-21(5,12-13-23)20(26-14-25-6)17(4)22-10-8-15(2)16(3)19(22)18(24)9-11-22;1-7-19(5)12-17(23)20(6)13(2)8-10-21(15(4)14(19)3)11-9-16(22)18(20)21;;1-3-5-7-9-11-13-14-12-10-8-6-4-2/h7,14,17-19,24H,1,3,8-13H2,2,4-6H3;7,13,15,20H,1,4,8-12,14H2,2-3,5-6H3;7,13-14,17-18,23H,1,4,8-12H2,2-3,5-6H3;1H4;/t14-,17-,18?,19+,20-,21+,22?;15-,20+,21-,22?;13?,14?,17-,18?,19?,20?,21?;;/m111../s1/i17D;13D;17D;;. The number of carbonyl (C=O) groups is 4. The second-order valence-electron chi connectivity index (χ2n) is 26.8. The molecule has 10 nitrogen and oxygen atoms in total. The van der Waals surface area contributed by atoms with Crippen LogP contribution in [0.4, 0.5) is 0 Å². The highest BCUT2D eigenvalue weighted by atomic mass is 33.5. The van der Waals surface area contributed by atoms with Crippen LogP contribution in [0.25, 0.3) is 0 Å². The molecule has 0 saturated heterocycles. The van der Waals surface area contributed by atoms with Crippen molar-refractivity contribution in [3.05, 3.63) is 85.6 Å². The molecule has 0 radical (unpaired) electrons. The number of carbonyl (C=O) groups excluding carboxylic acids is 4. The maximum atomic E-state index is 13.1. The third-order valence-corrected chi connectivity index (χ3v) is 47.2. The van der Waals surface area contributed by atoms with E-state index in [9.17, 15) is 29.4 Å². The molecular weight excluding hydrogens is 1400 g/mol. The molecule has 8 rings (SSSR count). The summed E-state index contributed by atoms with van der Waals surface area (Å²) < 4.78 is 47.8. The Kier molecular flexibility index (Phi) is 30.4. The van der Waals surface area contributed by atoms with Gasteiger partial charge in [-0.1, -0.05) is 119 Å². The van der Waals surface area contributed by atoms with Gasteiger partial charge >= 0.3 is 0 Å². The molecule has 7 saturated carbocycles. The van der Waals surface area contributed by atoms with E-state index < -0.39 is 74.5 Å². The second-order valence-corrected chi connectivity index (χ2v) is 48.0. The fraction of sp³-hybridized carbons (Fsp3) is 0.727.